The summed E-state index contributed by atoms with van der Waals surface area (Å²) in [5.41, 5.74) is 0.924. The van der Waals surface area contributed by atoms with Gasteiger partial charge in [-0.2, -0.15) is 0 Å². The van der Waals surface area contributed by atoms with Gasteiger partial charge in [0.25, 0.3) is 0 Å². The number of rotatable bonds is 5. The van der Waals surface area contributed by atoms with Crippen molar-refractivity contribution in [1.29, 1.82) is 0 Å². The molecule has 1 rings (SSSR count). The number of anilines is 1. The van der Waals surface area contributed by atoms with Gasteiger partial charge in [0.05, 0.1) is 11.4 Å². The van der Waals surface area contributed by atoms with Gasteiger partial charge in [0.1, 0.15) is 0 Å². The lowest BCUT2D eigenvalue weighted by Crippen LogP contribution is -2.35. The molecule has 0 fully saturated rings. The van der Waals surface area contributed by atoms with Gasteiger partial charge in [-0.15, -0.1) is 11.3 Å². The Morgan fingerprint density at radius 2 is 2.40 bits per heavy atom. The van der Waals surface area contributed by atoms with Crippen LogP contribution in [-0.2, 0) is 4.79 Å². The van der Waals surface area contributed by atoms with E-state index in [2.05, 4.69) is 5.32 Å². The second kappa shape index (κ2) is 5.50. The molecule has 5 heteroatoms. The van der Waals surface area contributed by atoms with Crippen LogP contribution < -0.4 is 10.2 Å². The number of hydrogen-bond donors (Lipinski definition) is 1. The zero-order chi connectivity index (χ0) is 11.3. The first-order valence-corrected chi connectivity index (χ1v) is 5.58. The van der Waals surface area contributed by atoms with E-state index in [1.165, 1.54) is 11.3 Å². The van der Waals surface area contributed by atoms with E-state index in [1.54, 1.807) is 13.1 Å². The number of carbonyl (C=O) groups is 2. The maximum Gasteiger partial charge on any atom is 0.239 e. The molecule has 0 aromatic carbocycles. The quantitative estimate of drug-likeness (QED) is 0.766. The van der Waals surface area contributed by atoms with E-state index in [0.717, 1.165) is 18.5 Å². The van der Waals surface area contributed by atoms with Crippen molar-refractivity contribution in [3.8, 4) is 0 Å². The first-order chi connectivity index (χ1) is 7.21. The molecule has 0 unspecified atom stereocenters. The van der Waals surface area contributed by atoms with Crippen LogP contribution in [0.15, 0.2) is 11.4 Å². The molecular weight excluding hydrogens is 212 g/mol. The Labute approximate surface area is 92.9 Å². The summed E-state index contributed by atoms with van der Waals surface area (Å²) in [5.74, 6) is -0.0318. The van der Waals surface area contributed by atoms with E-state index in [-0.39, 0.29) is 5.91 Å². The Kier molecular flexibility index (Phi) is 4.30. The molecule has 0 radical (unpaired) electrons. The highest BCUT2D eigenvalue weighted by Crippen LogP contribution is 2.21. The van der Waals surface area contributed by atoms with Gasteiger partial charge >= 0.3 is 0 Å². The second-order valence-corrected chi connectivity index (χ2v) is 3.96. The van der Waals surface area contributed by atoms with Crippen LogP contribution in [0.2, 0.25) is 0 Å². The lowest BCUT2D eigenvalue weighted by molar-refractivity contribution is -0.119. The van der Waals surface area contributed by atoms with Crippen LogP contribution in [0.4, 0.5) is 5.69 Å². The third-order valence-electron chi connectivity index (χ3n) is 2.08. The number of carbonyl (C=O) groups excluding carboxylic acids is 2. The van der Waals surface area contributed by atoms with Gasteiger partial charge in [0.15, 0.2) is 6.29 Å². The number of nitrogens with one attached hydrogen (secondary N) is 1. The zero-order valence-corrected chi connectivity index (χ0v) is 9.63. The minimum absolute atomic E-state index is 0.0318. The topological polar surface area (TPSA) is 49.4 Å². The van der Waals surface area contributed by atoms with E-state index in [9.17, 15) is 9.59 Å². The lowest BCUT2D eigenvalue weighted by Gasteiger charge is -2.20. The molecule has 1 amide bonds. The number of amides is 1. The Balaban J connectivity index is 2.73. The summed E-state index contributed by atoms with van der Waals surface area (Å²) >= 11 is 1.39. The van der Waals surface area contributed by atoms with Crippen molar-refractivity contribution in [3.63, 3.8) is 0 Å². The Morgan fingerprint density at radius 3 is 2.87 bits per heavy atom. The van der Waals surface area contributed by atoms with Gasteiger partial charge in [-0.1, -0.05) is 0 Å². The minimum Gasteiger partial charge on any atom is -0.362 e. The molecule has 1 heterocycles. The number of aldehydes is 1. The highest BCUT2D eigenvalue weighted by Gasteiger charge is 2.10. The van der Waals surface area contributed by atoms with Gasteiger partial charge in [0.2, 0.25) is 5.91 Å². The largest absolute Gasteiger partial charge is 0.362 e. The van der Waals surface area contributed by atoms with Crippen molar-refractivity contribution in [2.75, 3.05) is 25.0 Å². The molecule has 15 heavy (non-hydrogen) atoms. The molecule has 0 saturated carbocycles. The van der Waals surface area contributed by atoms with Crippen molar-refractivity contribution in [1.82, 2.24) is 5.32 Å². The van der Waals surface area contributed by atoms with Crippen LogP contribution in [0.1, 0.15) is 16.6 Å². The summed E-state index contributed by atoms with van der Waals surface area (Å²) in [7, 11) is 1.61. The summed E-state index contributed by atoms with van der Waals surface area (Å²) in [6.45, 7) is 3.03. The molecule has 1 aromatic heterocycles. The van der Waals surface area contributed by atoms with Crippen molar-refractivity contribution in [3.05, 3.63) is 16.3 Å². The summed E-state index contributed by atoms with van der Waals surface area (Å²) in [4.78, 5) is 24.3. The molecule has 4 nitrogen and oxygen atoms in total. The fourth-order valence-corrected chi connectivity index (χ4v) is 1.93. The molecule has 1 aromatic rings. The monoisotopic (exact) mass is 226 g/mol. The summed E-state index contributed by atoms with van der Waals surface area (Å²) in [5, 5.41) is 4.46. The van der Waals surface area contributed by atoms with E-state index in [4.69, 9.17) is 0 Å². The second-order valence-electron chi connectivity index (χ2n) is 3.01. The molecule has 0 saturated heterocycles. The van der Waals surface area contributed by atoms with Crippen molar-refractivity contribution in [2.45, 2.75) is 6.92 Å². The first-order valence-electron chi connectivity index (χ1n) is 4.70. The minimum atomic E-state index is -0.0318. The number of nitrogens with zero attached hydrogens (tertiary/aromatic N) is 1. The lowest BCUT2D eigenvalue weighted by atomic mass is 10.3. The van der Waals surface area contributed by atoms with Crippen LogP contribution in [0.25, 0.3) is 0 Å². The molecule has 0 atom stereocenters. The molecule has 1 N–H and O–H groups in total. The Bertz CT molecular complexity index is 349. The standard InChI is InChI=1S/C10H14N2O2S/c1-3-12(5-10(14)11-2)8-4-9(6-13)15-7-8/h4,6-7H,3,5H2,1-2H3,(H,11,14). The van der Waals surface area contributed by atoms with E-state index < -0.39 is 0 Å². The Hall–Kier alpha value is -1.36. The highest BCUT2D eigenvalue weighted by atomic mass is 32.1. The van der Waals surface area contributed by atoms with Gasteiger partial charge < -0.3 is 10.2 Å². The van der Waals surface area contributed by atoms with Gasteiger partial charge in [0, 0.05) is 24.7 Å². The van der Waals surface area contributed by atoms with E-state index in [0.29, 0.717) is 11.4 Å². The number of thiophene rings is 1. The predicted molar refractivity (Wildman–Crippen MR) is 61.7 cm³/mol. The van der Waals surface area contributed by atoms with E-state index in [1.807, 2.05) is 17.2 Å². The van der Waals surface area contributed by atoms with Crippen LogP contribution in [0.5, 0.6) is 0 Å². The van der Waals surface area contributed by atoms with Gasteiger partial charge in [-0.05, 0) is 13.0 Å². The molecule has 82 valence electrons. The van der Waals surface area contributed by atoms with Crippen LogP contribution in [-0.4, -0.2) is 32.3 Å². The molecule has 0 spiro atoms. The first kappa shape index (κ1) is 11.7. The van der Waals surface area contributed by atoms with Crippen LogP contribution in [0, 0.1) is 0 Å². The zero-order valence-electron chi connectivity index (χ0n) is 8.82. The normalized spacial score (nSPS) is 9.73. The van der Waals surface area contributed by atoms with Crippen molar-refractivity contribution < 1.29 is 9.59 Å². The highest BCUT2D eigenvalue weighted by molar-refractivity contribution is 7.12. The molecule has 0 aliphatic heterocycles. The molecular formula is C10H14N2O2S. The van der Waals surface area contributed by atoms with Crippen LogP contribution in [0.3, 0.4) is 0 Å². The molecule has 0 aliphatic rings. The summed E-state index contributed by atoms with van der Waals surface area (Å²) in [6, 6.07) is 1.80. The van der Waals surface area contributed by atoms with Gasteiger partial charge in [-0.25, -0.2) is 0 Å². The average molecular weight is 226 g/mol. The maximum atomic E-state index is 11.2. The van der Waals surface area contributed by atoms with Gasteiger partial charge in [-0.3, -0.25) is 9.59 Å². The SMILES string of the molecule is CCN(CC(=O)NC)c1csc(C=O)c1. The molecule has 0 bridgehead atoms. The average Bonchev–Trinajstić information content (AvgIpc) is 2.73. The van der Waals surface area contributed by atoms with E-state index >= 15 is 0 Å². The summed E-state index contributed by atoms with van der Waals surface area (Å²) < 4.78 is 0. The van der Waals surface area contributed by atoms with Crippen molar-refractivity contribution in [2.24, 2.45) is 0 Å². The summed E-state index contributed by atoms with van der Waals surface area (Å²) in [6.07, 6.45) is 0.821. The Morgan fingerprint density at radius 1 is 1.67 bits per heavy atom. The number of hydrogen-bond acceptors (Lipinski definition) is 4. The molecule has 0 aliphatic carbocycles. The third-order valence-corrected chi connectivity index (χ3v) is 2.93. The number of likely N-dealkylation sites (N-methyl/N-ethyl adjacent to an activating group) is 2. The maximum absolute atomic E-state index is 11.2. The van der Waals surface area contributed by atoms with Crippen molar-refractivity contribution >= 4 is 29.2 Å². The fraction of sp³-hybridized carbons (Fsp3) is 0.400. The predicted octanol–water partition coefficient (Wildman–Crippen LogP) is 1.13. The third kappa shape index (κ3) is 3.06. The smallest absolute Gasteiger partial charge is 0.239 e. The van der Waals surface area contributed by atoms with Crippen LogP contribution >= 0.6 is 11.3 Å². The fourth-order valence-electron chi connectivity index (χ4n) is 1.21.